The number of benzene rings is 1. The van der Waals surface area contributed by atoms with Gasteiger partial charge in [0.1, 0.15) is 5.60 Å². The van der Waals surface area contributed by atoms with E-state index >= 15 is 0 Å². The van der Waals surface area contributed by atoms with E-state index in [-0.39, 0.29) is 5.60 Å². The number of hydrogen-bond acceptors (Lipinski definition) is 2. The Hall–Kier alpha value is -1.18. The molecule has 1 atom stereocenters. The van der Waals surface area contributed by atoms with Crippen LogP contribution in [-0.2, 0) is 0 Å². The quantitative estimate of drug-likeness (QED) is 0.787. The first-order chi connectivity index (χ1) is 8.42. The highest BCUT2D eigenvalue weighted by molar-refractivity contribution is 5.49. The van der Waals surface area contributed by atoms with E-state index in [0.29, 0.717) is 5.92 Å². The maximum absolute atomic E-state index is 6.13. The first-order valence-electron chi connectivity index (χ1n) is 6.78. The minimum atomic E-state index is -0.202. The molecule has 1 unspecified atom stereocenters. The van der Waals surface area contributed by atoms with Crippen molar-refractivity contribution in [2.24, 2.45) is 5.92 Å². The highest BCUT2D eigenvalue weighted by atomic mass is 16.5. The molecular formula is C16H24O2. The molecule has 1 aromatic carbocycles. The Labute approximate surface area is 110 Å². The lowest BCUT2D eigenvalue weighted by Gasteiger charge is -2.26. The first kappa shape index (κ1) is 13.3. The lowest BCUT2D eigenvalue weighted by Crippen LogP contribution is -2.24. The Bertz CT molecular complexity index is 414. The lowest BCUT2D eigenvalue weighted by molar-refractivity contribution is 0.123. The summed E-state index contributed by atoms with van der Waals surface area (Å²) in [5, 5.41) is 0. The van der Waals surface area contributed by atoms with Gasteiger partial charge in [0.15, 0.2) is 11.5 Å². The fourth-order valence-corrected chi connectivity index (χ4v) is 2.32. The first-order valence-corrected chi connectivity index (χ1v) is 6.78. The van der Waals surface area contributed by atoms with Gasteiger partial charge >= 0.3 is 0 Å². The zero-order valence-corrected chi connectivity index (χ0v) is 12.1. The molecule has 0 spiro atoms. The maximum Gasteiger partial charge on any atom is 0.165 e. The average molecular weight is 248 g/mol. The van der Waals surface area contributed by atoms with Gasteiger partial charge in [0.25, 0.3) is 0 Å². The molecule has 1 aromatic rings. The van der Waals surface area contributed by atoms with Crippen LogP contribution in [0.2, 0.25) is 0 Å². The normalized spacial score (nSPS) is 17.4. The molecule has 0 saturated heterocycles. The molecule has 2 nitrogen and oxygen atoms in total. The monoisotopic (exact) mass is 248 g/mol. The van der Waals surface area contributed by atoms with Crippen molar-refractivity contribution in [1.29, 1.82) is 0 Å². The zero-order valence-electron chi connectivity index (χ0n) is 12.1. The van der Waals surface area contributed by atoms with Gasteiger partial charge in [-0.05, 0) is 51.5 Å². The minimum absolute atomic E-state index is 0.202. The van der Waals surface area contributed by atoms with E-state index < -0.39 is 0 Å². The van der Waals surface area contributed by atoms with Crippen molar-refractivity contribution in [3.05, 3.63) is 23.8 Å². The second-order valence-electron chi connectivity index (χ2n) is 6.22. The summed E-state index contributed by atoms with van der Waals surface area (Å²) in [6.45, 7) is 8.52. The largest absolute Gasteiger partial charge is 0.493 e. The highest BCUT2D eigenvalue weighted by Crippen LogP contribution is 2.47. The number of ether oxygens (including phenoxy) is 2. The summed E-state index contributed by atoms with van der Waals surface area (Å²) in [7, 11) is 1.70. The van der Waals surface area contributed by atoms with Gasteiger partial charge in [-0.1, -0.05) is 19.1 Å². The summed E-state index contributed by atoms with van der Waals surface area (Å²) in [5.41, 5.74) is 1.08. The van der Waals surface area contributed by atoms with E-state index in [1.165, 1.54) is 18.4 Å². The van der Waals surface area contributed by atoms with Crippen LogP contribution in [0.5, 0.6) is 11.5 Å². The number of rotatable bonds is 4. The molecule has 1 saturated carbocycles. The van der Waals surface area contributed by atoms with Crippen LogP contribution in [0.3, 0.4) is 0 Å². The average Bonchev–Trinajstić information content (AvgIpc) is 3.10. The lowest BCUT2D eigenvalue weighted by atomic mass is 9.95. The van der Waals surface area contributed by atoms with Crippen LogP contribution >= 0.6 is 0 Å². The van der Waals surface area contributed by atoms with Gasteiger partial charge in [-0.15, -0.1) is 0 Å². The Balaban J connectivity index is 2.37. The summed E-state index contributed by atoms with van der Waals surface area (Å²) < 4.78 is 11.6. The van der Waals surface area contributed by atoms with E-state index in [1.54, 1.807) is 7.11 Å². The van der Waals surface area contributed by atoms with Crippen LogP contribution in [0.1, 0.15) is 52.0 Å². The molecule has 1 fully saturated rings. The highest BCUT2D eigenvalue weighted by Gasteiger charge is 2.32. The Kier molecular flexibility index (Phi) is 3.56. The third-order valence-corrected chi connectivity index (χ3v) is 3.46. The second kappa shape index (κ2) is 4.83. The van der Waals surface area contributed by atoms with Crippen LogP contribution < -0.4 is 9.47 Å². The van der Waals surface area contributed by atoms with E-state index in [9.17, 15) is 0 Å². The van der Waals surface area contributed by atoms with Gasteiger partial charge in [-0.3, -0.25) is 0 Å². The standard InChI is InChI=1S/C16H24O2/c1-11(12-9-10-12)13-7-6-8-14(17-5)15(13)18-16(2,3)4/h6-8,11-12H,9-10H2,1-5H3. The van der Waals surface area contributed by atoms with Gasteiger partial charge in [-0.2, -0.15) is 0 Å². The predicted molar refractivity (Wildman–Crippen MR) is 74.5 cm³/mol. The minimum Gasteiger partial charge on any atom is -0.493 e. The molecule has 2 rings (SSSR count). The van der Waals surface area contributed by atoms with E-state index in [1.807, 2.05) is 6.07 Å². The maximum atomic E-state index is 6.13. The molecule has 0 heterocycles. The van der Waals surface area contributed by atoms with Crippen LogP contribution in [-0.4, -0.2) is 12.7 Å². The molecule has 0 N–H and O–H groups in total. The van der Waals surface area contributed by atoms with Crippen molar-refractivity contribution < 1.29 is 9.47 Å². The van der Waals surface area contributed by atoms with Crippen LogP contribution in [0.25, 0.3) is 0 Å². The predicted octanol–water partition coefficient (Wildman–Crippen LogP) is 4.39. The van der Waals surface area contributed by atoms with E-state index in [4.69, 9.17) is 9.47 Å². The molecule has 1 aliphatic carbocycles. The Morgan fingerprint density at radius 3 is 2.39 bits per heavy atom. The number of hydrogen-bond donors (Lipinski definition) is 0. The molecule has 100 valence electrons. The molecule has 0 aromatic heterocycles. The summed E-state index contributed by atoms with van der Waals surface area (Å²) in [6, 6.07) is 6.21. The van der Waals surface area contributed by atoms with Crippen LogP contribution in [0, 0.1) is 5.92 Å². The summed E-state index contributed by atoms with van der Waals surface area (Å²) >= 11 is 0. The number of methoxy groups -OCH3 is 1. The van der Waals surface area contributed by atoms with E-state index in [0.717, 1.165) is 17.4 Å². The number of para-hydroxylation sites is 1. The van der Waals surface area contributed by atoms with Crippen molar-refractivity contribution >= 4 is 0 Å². The molecule has 0 aliphatic heterocycles. The van der Waals surface area contributed by atoms with Crippen molar-refractivity contribution in [3.8, 4) is 11.5 Å². The summed E-state index contributed by atoms with van der Waals surface area (Å²) in [6.07, 6.45) is 2.68. The smallest absolute Gasteiger partial charge is 0.165 e. The third kappa shape index (κ3) is 2.98. The van der Waals surface area contributed by atoms with E-state index in [2.05, 4.69) is 39.8 Å². The molecule has 0 radical (unpaired) electrons. The second-order valence-corrected chi connectivity index (χ2v) is 6.22. The Morgan fingerprint density at radius 1 is 1.22 bits per heavy atom. The van der Waals surface area contributed by atoms with Crippen molar-refractivity contribution in [2.45, 2.75) is 52.1 Å². The fourth-order valence-electron chi connectivity index (χ4n) is 2.32. The van der Waals surface area contributed by atoms with Crippen molar-refractivity contribution in [2.75, 3.05) is 7.11 Å². The van der Waals surface area contributed by atoms with Gasteiger partial charge < -0.3 is 9.47 Å². The van der Waals surface area contributed by atoms with Crippen LogP contribution in [0.15, 0.2) is 18.2 Å². The van der Waals surface area contributed by atoms with Crippen LogP contribution in [0.4, 0.5) is 0 Å². The summed E-state index contributed by atoms with van der Waals surface area (Å²) in [4.78, 5) is 0. The fraction of sp³-hybridized carbons (Fsp3) is 0.625. The van der Waals surface area contributed by atoms with Gasteiger partial charge in [0, 0.05) is 5.56 Å². The van der Waals surface area contributed by atoms with Gasteiger partial charge in [0.05, 0.1) is 7.11 Å². The molecule has 2 heteroatoms. The van der Waals surface area contributed by atoms with Gasteiger partial charge in [-0.25, -0.2) is 0 Å². The topological polar surface area (TPSA) is 18.5 Å². The van der Waals surface area contributed by atoms with Gasteiger partial charge in [0.2, 0.25) is 0 Å². The molecule has 1 aliphatic rings. The molecule has 0 bridgehead atoms. The molecule has 18 heavy (non-hydrogen) atoms. The SMILES string of the molecule is COc1cccc(C(C)C2CC2)c1OC(C)(C)C. The molecule has 0 amide bonds. The molecular weight excluding hydrogens is 224 g/mol. The third-order valence-electron chi connectivity index (χ3n) is 3.46. The summed E-state index contributed by atoms with van der Waals surface area (Å²) in [5.74, 6) is 3.14. The van der Waals surface area contributed by atoms with Crippen molar-refractivity contribution in [1.82, 2.24) is 0 Å². The van der Waals surface area contributed by atoms with Crippen molar-refractivity contribution in [3.63, 3.8) is 0 Å². The Morgan fingerprint density at radius 2 is 1.89 bits per heavy atom. The zero-order chi connectivity index (χ0) is 13.3.